The van der Waals surface area contributed by atoms with Crippen molar-refractivity contribution < 1.29 is 0 Å². The van der Waals surface area contributed by atoms with Gasteiger partial charge in [0.2, 0.25) is 0 Å². The standard InChI is InChI=1S/C25H52N4/c1-8-10-12-14-17-26-23(4)28-19-16-22(3)20-25(6,7)21-29-24(5)27-18-15-13-11-9-2/h22H,8-21H2,1-7H3,(H,26,28)(H,27,29). The van der Waals surface area contributed by atoms with E-state index in [1.165, 1.54) is 64.2 Å². The first-order valence-corrected chi connectivity index (χ1v) is 12.3. The number of aliphatic imine (C=N–C) groups is 2. The van der Waals surface area contributed by atoms with Crippen LogP contribution >= 0.6 is 0 Å². The Morgan fingerprint density at radius 1 is 0.793 bits per heavy atom. The Balaban J connectivity index is 3.98. The number of nitrogens with one attached hydrogen (secondary N) is 2. The summed E-state index contributed by atoms with van der Waals surface area (Å²) in [5.74, 6) is 2.89. The van der Waals surface area contributed by atoms with E-state index < -0.39 is 0 Å². The Morgan fingerprint density at radius 3 is 1.83 bits per heavy atom. The molecule has 0 fully saturated rings. The molecule has 1 atom stereocenters. The number of hydrogen-bond donors (Lipinski definition) is 2. The highest BCUT2D eigenvalue weighted by atomic mass is 15.0. The summed E-state index contributed by atoms with van der Waals surface area (Å²) in [4.78, 5) is 9.31. The SMILES string of the molecule is CCCCCCN=C(C)NCCC(C)CC(C)(C)CNC(C)=NCCCCCC. The third-order valence-electron chi connectivity index (χ3n) is 5.46. The molecule has 0 heterocycles. The zero-order valence-corrected chi connectivity index (χ0v) is 20.9. The highest BCUT2D eigenvalue weighted by molar-refractivity contribution is 5.79. The number of rotatable bonds is 17. The number of unbranched alkanes of at least 4 members (excludes halogenated alkanes) is 6. The molecular formula is C25H52N4. The topological polar surface area (TPSA) is 48.8 Å². The van der Waals surface area contributed by atoms with Gasteiger partial charge in [-0.05, 0) is 50.9 Å². The zero-order valence-electron chi connectivity index (χ0n) is 20.9. The molecule has 0 spiro atoms. The molecule has 0 aliphatic carbocycles. The summed E-state index contributed by atoms with van der Waals surface area (Å²) < 4.78 is 0. The molecule has 2 N–H and O–H groups in total. The van der Waals surface area contributed by atoms with Gasteiger partial charge < -0.3 is 10.6 Å². The number of nitrogens with zero attached hydrogens (tertiary/aromatic N) is 2. The molecule has 0 saturated carbocycles. The smallest absolute Gasteiger partial charge is 0.0931 e. The van der Waals surface area contributed by atoms with Crippen LogP contribution in [0.25, 0.3) is 0 Å². The predicted octanol–water partition coefficient (Wildman–Crippen LogP) is 6.61. The largest absolute Gasteiger partial charge is 0.374 e. The quantitative estimate of drug-likeness (QED) is 0.162. The van der Waals surface area contributed by atoms with Gasteiger partial charge in [0.25, 0.3) is 0 Å². The summed E-state index contributed by atoms with van der Waals surface area (Å²) in [5, 5.41) is 7.04. The summed E-state index contributed by atoms with van der Waals surface area (Å²) in [7, 11) is 0. The molecule has 0 amide bonds. The first kappa shape index (κ1) is 27.9. The van der Waals surface area contributed by atoms with Crippen LogP contribution in [0.1, 0.15) is 113 Å². The van der Waals surface area contributed by atoms with Crippen LogP contribution in [0.5, 0.6) is 0 Å². The molecule has 0 aromatic rings. The molecule has 4 nitrogen and oxygen atoms in total. The molecule has 4 heteroatoms. The second kappa shape index (κ2) is 17.8. The third kappa shape index (κ3) is 18.7. The molecule has 0 radical (unpaired) electrons. The van der Waals surface area contributed by atoms with Crippen molar-refractivity contribution in [1.82, 2.24) is 10.6 Å². The summed E-state index contributed by atoms with van der Waals surface area (Å²) in [5.41, 5.74) is 0.279. The van der Waals surface area contributed by atoms with Crippen molar-refractivity contribution in [3.8, 4) is 0 Å². The lowest BCUT2D eigenvalue weighted by Gasteiger charge is -2.29. The van der Waals surface area contributed by atoms with E-state index in [1.807, 2.05) is 0 Å². The highest BCUT2D eigenvalue weighted by Crippen LogP contribution is 2.26. The van der Waals surface area contributed by atoms with E-state index in [-0.39, 0.29) is 5.41 Å². The molecule has 29 heavy (non-hydrogen) atoms. The molecule has 0 aromatic heterocycles. The predicted molar refractivity (Wildman–Crippen MR) is 132 cm³/mol. The van der Waals surface area contributed by atoms with Gasteiger partial charge in [-0.25, -0.2) is 0 Å². The zero-order chi connectivity index (χ0) is 22.0. The van der Waals surface area contributed by atoms with Crippen molar-refractivity contribution in [1.29, 1.82) is 0 Å². The van der Waals surface area contributed by atoms with Crippen molar-refractivity contribution in [3.05, 3.63) is 0 Å². The molecule has 0 saturated heterocycles. The molecule has 0 bridgehead atoms. The van der Waals surface area contributed by atoms with Crippen LogP contribution in [-0.2, 0) is 0 Å². The van der Waals surface area contributed by atoms with E-state index in [0.717, 1.165) is 37.9 Å². The van der Waals surface area contributed by atoms with Crippen LogP contribution < -0.4 is 10.6 Å². The lowest BCUT2D eigenvalue weighted by molar-refractivity contribution is 0.269. The van der Waals surface area contributed by atoms with E-state index in [4.69, 9.17) is 0 Å². The van der Waals surface area contributed by atoms with Crippen molar-refractivity contribution in [2.24, 2.45) is 21.3 Å². The van der Waals surface area contributed by atoms with Crippen LogP contribution in [0.2, 0.25) is 0 Å². The van der Waals surface area contributed by atoms with E-state index in [2.05, 4.69) is 69.1 Å². The third-order valence-corrected chi connectivity index (χ3v) is 5.46. The average molecular weight is 409 g/mol. The monoisotopic (exact) mass is 408 g/mol. The van der Waals surface area contributed by atoms with Gasteiger partial charge in [-0.2, -0.15) is 0 Å². The fraction of sp³-hybridized carbons (Fsp3) is 0.920. The molecular weight excluding hydrogens is 356 g/mol. The summed E-state index contributed by atoms with van der Waals surface area (Å²) >= 11 is 0. The summed E-state index contributed by atoms with van der Waals surface area (Å²) in [6.07, 6.45) is 12.7. The van der Waals surface area contributed by atoms with Gasteiger partial charge in [0.15, 0.2) is 0 Å². The minimum atomic E-state index is 0.279. The van der Waals surface area contributed by atoms with Gasteiger partial charge in [0, 0.05) is 26.2 Å². The Bertz CT molecular complexity index is 440. The highest BCUT2D eigenvalue weighted by Gasteiger charge is 2.21. The Hall–Kier alpha value is -1.06. The average Bonchev–Trinajstić information content (AvgIpc) is 2.65. The Kier molecular flexibility index (Phi) is 17.1. The van der Waals surface area contributed by atoms with E-state index in [0.29, 0.717) is 5.92 Å². The molecule has 0 aliphatic rings. The van der Waals surface area contributed by atoms with E-state index >= 15 is 0 Å². The van der Waals surface area contributed by atoms with Crippen LogP contribution in [0, 0.1) is 11.3 Å². The minimum Gasteiger partial charge on any atom is -0.374 e. The van der Waals surface area contributed by atoms with Crippen molar-refractivity contribution in [2.75, 3.05) is 26.2 Å². The van der Waals surface area contributed by atoms with Crippen molar-refractivity contribution >= 4 is 11.7 Å². The molecule has 1 unspecified atom stereocenters. The normalized spacial score (nSPS) is 14.2. The second-order valence-corrected chi connectivity index (χ2v) is 9.60. The van der Waals surface area contributed by atoms with Gasteiger partial charge in [0.05, 0.1) is 11.7 Å². The maximum Gasteiger partial charge on any atom is 0.0931 e. The van der Waals surface area contributed by atoms with Gasteiger partial charge in [0.1, 0.15) is 0 Å². The number of amidine groups is 2. The van der Waals surface area contributed by atoms with E-state index in [1.54, 1.807) is 0 Å². The van der Waals surface area contributed by atoms with Gasteiger partial charge in [-0.1, -0.05) is 73.1 Å². The fourth-order valence-corrected chi connectivity index (χ4v) is 3.67. The maximum absolute atomic E-state index is 4.67. The first-order chi connectivity index (χ1) is 13.8. The van der Waals surface area contributed by atoms with Crippen LogP contribution in [-0.4, -0.2) is 37.9 Å². The van der Waals surface area contributed by atoms with E-state index in [9.17, 15) is 0 Å². The minimum absolute atomic E-state index is 0.279. The summed E-state index contributed by atoms with van der Waals surface area (Å²) in [6, 6.07) is 0. The maximum atomic E-state index is 4.67. The second-order valence-electron chi connectivity index (χ2n) is 9.60. The molecule has 0 aliphatic heterocycles. The van der Waals surface area contributed by atoms with Crippen molar-refractivity contribution in [2.45, 2.75) is 113 Å². The van der Waals surface area contributed by atoms with Crippen LogP contribution in [0.4, 0.5) is 0 Å². The van der Waals surface area contributed by atoms with Gasteiger partial charge in [-0.3, -0.25) is 9.98 Å². The van der Waals surface area contributed by atoms with Crippen molar-refractivity contribution in [3.63, 3.8) is 0 Å². The van der Waals surface area contributed by atoms with Crippen LogP contribution in [0.15, 0.2) is 9.98 Å². The number of hydrogen-bond acceptors (Lipinski definition) is 2. The molecule has 172 valence electrons. The van der Waals surface area contributed by atoms with Crippen LogP contribution in [0.3, 0.4) is 0 Å². The first-order valence-electron chi connectivity index (χ1n) is 12.3. The summed E-state index contributed by atoms with van der Waals surface area (Å²) in [6.45, 7) is 19.7. The lowest BCUT2D eigenvalue weighted by atomic mass is 9.82. The van der Waals surface area contributed by atoms with Gasteiger partial charge >= 0.3 is 0 Å². The Labute approximate surface area is 182 Å². The lowest BCUT2D eigenvalue weighted by Crippen LogP contribution is -2.34. The molecule has 0 rings (SSSR count). The Morgan fingerprint density at radius 2 is 1.31 bits per heavy atom. The van der Waals surface area contributed by atoms with Gasteiger partial charge in [-0.15, -0.1) is 0 Å². The molecule has 0 aromatic carbocycles. The fourth-order valence-electron chi connectivity index (χ4n) is 3.67.